The first kappa shape index (κ1) is 14.8. The summed E-state index contributed by atoms with van der Waals surface area (Å²) in [6, 6.07) is 16.3. The molecule has 0 saturated carbocycles. The second-order valence-electron chi connectivity index (χ2n) is 4.83. The lowest BCUT2D eigenvalue weighted by atomic mass is 10.2. The number of ether oxygens (including phenoxy) is 1. The van der Waals surface area contributed by atoms with Crippen LogP contribution in [0, 0.1) is 6.92 Å². The maximum absolute atomic E-state index is 12.4. The number of para-hydroxylation sites is 2. The summed E-state index contributed by atoms with van der Waals surface area (Å²) in [4.78, 5) is 16.5. The summed E-state index contributed by atoms with van der Waals surface area (Å²) in [5, 5.41) is 6.59. The van der Waals surface area contributed by atoms with E-state index in [0.717, 1.165) is 5.69 Å². The molecule has 1 heterocycles. The summed E-state index contributed by atoms with van der Waals surface area (Å²) in [7, 11) is 0. The Bertz CT molecular complexity index is 800. The van der Waals surface area contributed by atoms with Crippen LogP contribution in [-0.2, 0) is 6.61 Å². The Morgan fingerprint density at radius 2 is 1.87 bits per heavy atom. The van der Waals surface area contributed by atoms with Gasteiger partial charge in [-0.2, -0.15) is 4.98 Å². The first-order valence-corrected chi connectivity index (χ1v) is 7.10. The molecule has 0 bridgehead atoms. The number of carbonyl (C=O) groups is 1. The van der Waals surface area contributed by atoms with Crippen LogP contribution < -0.4 is 10.1 Å². The van der Waals surface area contributed by atoms with Crippen LogP contribution in [0.1, 0.15) is 22.1 Å². The smallest absolute Gasteiger partial charge is 0.259 e. The van der Waals surface area contributed by atoms with Gasteiger partial charge in [0.1, 0.15) is 5.75 Å². The molecule has 0 unspecified atom stereocenters. The lowest BCUT2D eigenvalue weighted by molar-refractivity contribution is 0.102. The SMILES string of the molecule is Cc1nc(COc2ccccc2C(=O)Nc2ccccc2)no1. The van der Waals surface area contributed by atoms with Crippen LogP contribution >= 0.6 is 0 Å². The molecule has 116 valence electrons. The highest BCUT2D eigenvalue weighted by atomic mass is 16.5. The number of aromatic nitrogens is 2. The Hall–Kier alpha value is -3.15. The Kier molecular flexibility index (Phi) is 4.33. The van der Waals surface area contributed by atoms with E-state index in [2.05, 4.69) is 15.5 Å². The van der Waals surface area contributed by atoms with E-state index in [9.17, 15) is 4.79 Å². The highest BCUT2D eigenvalue weighted by Gasteiger charge is 2.13. The van der Waals surface area contributed by atoms with Gasteiger partial charge in [0.05, 0.1) is 5.56 Å². The number of amides is 1. The molecule has 2 aromatic carbocycles. The second kappa shape index (κ2) is 6.74. The summed E-state index contributed by atoms with van der Waals surface area (Å²) in [5.41, 5.74) is 1.16. The molecule has 3 rings (SSSR count). The third kappa shape index (κ3) is 3.74. The fourth-order valence-electron chi connectivity index (χ4n) is 2.04. The average molecular weight is 309 g/mol. The van der Waals surface area contributed by atoms with Gasteiger partial charge in [0.2, 0.25) is 11.7 Å². The number of nitrogens with one attached hydrogen (secondary N) is 1. The molecule has 0 fully saturated rings. The molecule has 0 aliphatic heterocycles. The molecule has 0 aliphatic rings. The lowest BCUT2D eigenvalue weighted by Crippen LogP contribution is -2.13. The molecule has 1 N–H and O–H groups in total. The monoisotopic (exact) mass is 309 g/mol. The molecule has 0 atom stereocenters. The Morgan fingerprint density at radius 1 is 1.13 bits per heavy atom. The van der Waals surface area contributed by atoms with Crippen molar-refractivity contribution < 1.29 is 14.1 Å². The summed E-state index contributed by atoms with van der Waals surface area (Å²) in [6.45, 7) is 1.84. The fraction of sp³-hybridized carbons (Fsp3) is 0.118. The highest BCUT2D eigenvalue weighted by molar-refractivity contribution is 6.06. The molecule has 0 saturated heterocycles. The number of rotatable bonds is 5. The van der Waals surface area contributed by atoms with Crippen LogP contribution in [-0.4, -0.2) is 16.0 Å². The number of carbonyl (C=O) groups excluding carboxylic acids is 1. The zero-order chi connectivity index (χ0) is 16.1. The van der Waals surface area contributed by atoms with Gasteiger partial charge >= 0.3 is 0 Å². The molecule has 6 heteroatoms. The maximum Gasteiger partial charge on any atom is 0.259 e. The van der Waals surface area contributed by atoms with Crippen molar-refractivity contribution in [2.24, 2.45) is 0 Å². The van der Waals surface area contributed by atoms with E-state index in [0.29, 0.717) is 23.0 Å². The van der Waals surface area contributed by atoms with Crippen molar-refractivity contribution in [3.8, 4) is 5.75 Å². The normalized spacial score (nSPS) is 10.3. The maximum atomic E-state index is 12.4. The zero-order valence-electron chi connectivity index (χ0n) is 12.5. The predicted octanol–water partition coefficient (Wildman–Crippen LogP) is 3.21. The van der Waals surface area contributed by atoms with Crippen molar-refractivity contribution in [3.63, 3.8) is 0 Å². The molecule has 0 radical (unpaired) electrons. The van der Waals surface area contributed by atoms with Crippen molar-refractivity contribution in [1.29, 1.82) is 0 Å². The minimum absolute atomic E-state index is 0.132. The highest BCUT2D eigenvalue weighted by Crippen LogP contribution is 2.20. The summed E-state index contributed by atoms with van der Waals surface area (Å²) in [5.74, 6) is 1.12. The largest absolute Gasteiger partial charge is 0.485 e. The molecule has 0 aliphatic carbocycles. The first-order valence-electron chi connectivity index (χ1n) is 7.10. The van der Waals surface area contributed by atoms with Crippen LogP contribution in [0.5, 0.6) is 5.75 Å². The number of aryl methyl sites for hydroxylation is 1. The number of hydrogen-bond acceptors (Lipinski definition) is 5. The Balaban J connectivity index is 1.73. The fourth-order valence-corrected chi connectivity index (χ4v) is 2.04. The van der Waals surface area contributed by atoms with Crippen LogP contribution in [0.3, 0.4) is 0 Å². The molecule has 1 aromatic heterocycles. The van der Waals surface area contributed by atoms with Gasteiger partial charge in [-0.05, 0) is 24.3 Å². The van der Waals surface area contributed by atoms with Gasteiger partial charge in [-0.1, -0.05) is 35.5 Å². The first-order chi connectivity index (χ1) is 11.2. The van der Waals surface area contributed by atoms with Crippen molar-refractivity contribution in [2.45, 2.75) is 13.5 Å². The van der Waals surface area contributed by atoms with Crippen LogP contribution in [0.4, 0.5) is 5.69 Å². The quantitative estimate of drug-likeness (QED) is 0.783. The van der Waals surface area contributed by atoms with Crippen LogP contribution in [0.25, 0.3) is 0 Å². The van der Waals surface area contributed by atoms with Gasteiger partial charge in [-0.3, -0.25) is 4.79 Å². The number of nitrogens with zero attached hydrogens (tertiary/aromatic N) is 2. The molecular weight excluding hydrogens is 294 g/mol. The summed E-state index contributed by atoms with van der Waals surface area (Å²) >= 11 is 0. The van der Waals surface area contributed by atoms with E-state index in [-0.39, 0.29) is 12.5 Å². The van der Waals surface area contributed by atoms with E-state index in [1.165, 1.54) is 0 Å². The van der Waals surface area contributed by atoms with Crippen molar-refractivity contribution >= 4 is 11.6 Å². The minimum atomic E-state index is -0.240. The van der Waals surface area contributed by atoms with Crippen LogP contribution in [0.2, 0.25) is 0 Å². The third-order valence-corrected chi connectivity index (χ3v) is 3.09. The summed E-state index contributed by atoms with van der Waals surface area (Å²) in [6.07, 6.45) is 0. The van der Waals surface area contributed by atoms with E-state index in [4.69, 9.17) is 9.26 Å². The molecule has 1 amide bonds. The standard InChI is InChI=1S/C17H15N3O3/c1-12-18-16(20-23-12)11-22-15-10-6-5-9-14(15)17(21)19-13-7-3-2-4-8-13/h2-10H,11H2,1H3,(H,19,21). The Labute approximate surface area is 133 Å². The van der Waals surface area contributed by atoms with Gasteiger partial charge in [-0.15, -0.1) is 0 Å². The topological polar surface area (TPSA) is 77.2 Å². The third-order valence-electron chi connectivity index (χ3n) is 3.09. The van der Waals surface area contributed by atoms with Gasteiger partial charge in [0, 0.05) is 12.6 Å². The molecule has 6 nitrogen and oxygen atoms in total. The lowest BCUT2D eigenvalue weighted by Gasteiger charge is -2.10. The van der Waals surface area contributed by atoms with E-state index in [1.807, 2.05) is 30.3 Å². The van der Waals surface area contributed by atoms with Gasteiger partial charge < -0.3 is 14.6 Å². The van der Waals surface area contributed by atoms with Crippen molar-refractivity contribution in [2.75, 3.05) is 5.32 Å². The number of anilines is 1. The molecule has 3 aromatic rings. The van der Waals surface area contributed by atoms with Gasteiger partial charge in [0.25, 0.3) is 5.91 Å². The molecular formula is C17H15N3O3. The average Bonchev–Trinajstić information content (AvgIpc) is 2.99. The zero-order valence-corrected chi connectivity index (χ0v) is 12.5. The summed E-state index contributed by atoms with van der Waals surface area (Å²) < 4.78 is 10.5. The minimum Gasteiger partial charge on any atom is -0.485 e. The Morgan fingerprint density at radius 3 is 2.61 bits per heavy atom. The predicted molar refractivity (Wildman–Crippen MR) is 84.2 cm³/mol. The van der Waals surface area contributed by atoms with E-state index < -0.39 is 0 Å². The number of hydrogen-bond donors (Lipinski definition) is 1. The second-order valence-corrected chi connectivity index (χ2v) is 4.83. The van der Waals surface area contributed by atoms with E-state index in [1.54, 1.807) is 31.2 Å². The van der Waals surface area contributed by atoms with Crippen molar-refractivity contribution in [1.82, 2.24) is 10.1 Å². The molecule has 0 spiro atoms. The van der Waals surface area contributed by atoms with E-state index >= 15 is 0 Å². The van der Waals surface area contributed by atoms with Crippen LogP contribution in [0.15, 0.2) is 59.1 Å². The van der Waals surface area contributed by atoms with Crippen molar-refractivity contribution in [3.05, 3.63) is 71.9 Å². The van der Waals surface area contributed by atoms with Gasteiger partial charge in [-0.25, -0.2) is 0 Å². The van der Waals surface area contributed by atoms with Gasteiger partial charge in [0.15, 0.2) is 6.61 Å². The molecule has 23 heavy (non-hydrogen) atoms. The number of benzene rings is 2.